The topological polar surface area (TPSA) is 104 Å². The molecule has 180 valence electrons. The van der Waals surface area contributed by atoms with Crippen molar-refractivity contribution in [2.45, 2.75) is 24.8 Å². The third kappa shape index (κ3) is 4.30. The standard InChI is InChI=1S/C27H23N5O3S/c1-2-18-14-26(32-22-7-4-3-6-21(22)30-27(32)20(18)16-29)36-17-25(33)31(11-5-10-28)19-8-9-23-24(15-19)35-13-12-34-23/h3-4,6-9,14-15H,2,5,11-13,17H2,1H3. The number of aryl methyl sites for hydroxylation is 1. The number of fused-ring (bicyclic) bond motifs is 4. The van der Waals surface area contributed by atoms with Gasteiger partial charge >= 0.3 is 0 Å². The number of ether oxygens (including phenoxy) is 2. The van der Waals surface area contributed by atoms with E-state index in [1.807, 2.05) is 47.7 Å². The van der Waals surface area contributed by atoms with Gasteiger partial charge in [0, 0.05) is 18.3 Å². The highest BCUT2D eigenvalue weighted by Gasteiger charge is 2.22. The molecule has 8 nitrogen and oxygen atoms in total. The van der Waals surface area contributed by atoms with Crippen LogP contribution >= 0.6 is 11.8 Å². The van der Waals surface area contributed by atoms with E-state index in [2.05, 4.69) is 12.1 Å². The van der Waals surface area contributed by atoms with Crippen LogP contribution in [0.15, 0.2) is 53.6 Å². The van der Waals surface area contributed by atoms with Crippen molar-refractivity contribution in [2.75, 3.05) is 30.4 Å². The summed E-state index contributed by atoms with van der Waals surface area (Å²) < 4.78 is 13.2. The van der Waals surface area contributed by atoms with Gasteiger partial charge in [-0.2, -0.15) is 10.5 Å². The molecule has 3 heterocycles. The highest BCUT2D eigenvalue weighted by molar-refractivity contribution is 7.99. The Morgan fingerprint density at radius 1 is 1.14 bits per heavy atom. The number of nitrogens with zero attached hydrogens (tertiary/aromatic N) is 5. The SMILES string of the molecule is CCc1cc(SCC(=O)N(CCC#N)c2ccc3c(c2)OCCO3)n2c(nc3ccccc32)c1C#N. The van der Waals surface area contributed by atoms with E-state index in [-0.39, 0.29) is 24.6 Å². The average Bonchev–Trinajstić information content (AvgIpc) is 3.31. The highest BCUT2D eigenvalue weighted by atomic mass is 32.2. The van der Waals surface area contributed by atoms with E-state index in [1.165, 1.54) is 11.8 Å². The summed E-state index contributed by atoms with van der Waals surface area (Å²) in [6.07, 6.45) is 0.883. The summed E-state index contributed by atoms with van der Waals surface area (Å²) in [7, 11) is 0. The molecule has 1 amide bonds. The number of benzene rings is 2. The molecule has 0 unspecified atom stereocenters. The fourth-order valence-corrected chi connectivity index (χ4v) is 5.29. The van der Waals surface area contributed by atoms with Gasteiger partial charge in [-0.15, -0.1) is 0 Å². The zero-order valence-electron chi connectivity index (χ0n) is 19.7. The lowest BCUT2D eigenvalue weighted by Gasteiger charge is -2.25. The molecule has 0 fully saturated rings. The minimum Gasteiger partial charge on any atom is -0.486 e. The van der Waals surface area contributed by atoms with Gasteiger partial charge in [0.25, 0.3) is 0 Å². The van der Waals surface area contributed by atoms with Gasteiger partial charge in [-0.25, -0.2) is 4.98 Å². The van der Waals surface area contributed by atoms with Crippen LogP contribution in [-0.2, 0) is 11.2 Å². The number of carbonyl (C=O) groups excluding carboxylic acids is 1. The first kappa shape index (κ1) is 23.5. The predicted octanol–water partition coefficient (Wildman–Crippen LogP) is 4.73. The van der Waals surface area contributed by atoms with Gasteiger partial charge in [0.1, 0.15) is 19.3 Å². The Hall–Kier alpha value is -4.21. The number of imidazole rings is 1. The Labute approximate surface area is 212 Å². The zero-order chi connectivity index (χ0) is 25.1. The summed E-state index contributed by atoms with van der Waals surface area (Å²) in [6, 6.07) is 19.5. The second-order valence-electron chi connectivity index (χ2n) is 8.18. The van der Waals surface area contributed by atoms with E-state index in [1.54, 1.807) is 17.0 Å². The smallest absolute Gasteiger partial charge is 0.237 e. The second-order valence-corrected chi connectivity index (χ2v) is 9.17. The number of pyridine rings is 1. The molecule has 0 N–H and O–H groups in total. The minimum atomic E-state index is -0.132. The van der Waals surface area contributed by atoms with Gasteiger partial charge in [-0.05, 0) is 42.3 Å². The normalized spacial score (nSPS) is 12.3. The fraction of sp³-hybridized carbons (Fsp3) is 0.259. The number of anilines is 1. The van der Waals surface area contributed by atoms with Gasteiger partial charge < -0.3 is 14.4 Å². The summed E-state index contributed by atoms with van der Waals surface area (Å²) >= 11 is 1.39. The molecule has 0 aliphatic carbocycles. The molecule has 1 aliphatic rings. The van der Waals surface area contributed by atoms with Crippen LogP contribution in [0.4, 0.5) is 5.69 Å². The Morgan fingerprint density at radius 3 is 2.72 bits per heavy atom. The Kier molecular flexibility index (Phi) is 6.66. The van der Waals surface area contributed by atoms with Gasteiger partial charge in [0.15, 0.2) is 17.1 Å². The zero-order valence-corrected chi connectivity index (χ0v) is 20.5. The largest absolute Gasteiger partial charge is 0.486 e. The first-order chi connectivity index (χ1) is 17.6. The lowest BCUT2D eigenvalue weighted by molar-refractivity contribution is -0.116. The summed E-state index contributed by atoms with van der Waals surface area (Å²) in [6.45, 7) is 3.21. The highest BCUT2D eigenvalue weighted by Crippen LogP contribution is 2.35. The lowest BCUT2D eigenvalue weighted by Crippen LogP contribution is -2.33. The maximum absolute atomic E-state index is 13.5. The molecular weight excluding hydrogens is 474 g/mol. The van der Waals surface area contributed by atoms with E-state index in [0.29, 0.717) is 48.0 Å². The Bertz CT molecular complexity index is 1550. The molecule has 5 rings (SSSR count). The van der Waals surface area contributed by atoms with Crippen LogP contribution in [0.3, 0.4) is 0 Å². The summed E-state index contributed by atoms with van der Waals surface area (Å²) in [5.41, 5.74) is 4.38. The van der Waals surface area contributed by atoms with Crippen LogP contribution in [0.25, 0.3) is 16.7 Å². The molecule has 2 aromatic heterocycles. The molecule has 1 aliphatic heterocycles. The molecule has 36 heavy (non-hydrogen) atoms. The molecule has 0 saturated carbocycles. The predicted molar refractivity (Wildman–Crippen MR) is 138 cm³/mol. The van der Waals surface area contributed by atoms with E-state index in [9.17, 15) is 15.3 Å². The first-order valence-corrected chi connectivity index (χ1v) is 12.7. The van der Waals surface area contributed by atoms with Gasteiger partial charge in [-0.1, -0.05) is 30.8 Å². The number of amides is 1. The van der Waals surface area contributed by atoms with Crippen molar-refractivity contribution in [1.82, 2.24) is 9.38 Å². The number of thioether (sulfide) groups is 1. The van der Waals surface area contributed by atoms with Crippen molar-refractivity contribution in [3.63, 3.8) is 0 Å². The number of nitriles is 2. The summed E-state index contributed by atoms with van der Waals surface area (Å²) in [5, 5.41) is 19.8. The lowest BCUT2D eigenvalue weighted by atomic mass is 10.1. The first-order valence-electron chi connectivity index (χ1n) is 11.7. The molecular formula is C27H23N5O3S. The van der Waals surface area contributed by atoms with E-state index < -0.39 is 0 Å². The van der Waals surface area contributed by atoms with Crippen molar-refractivity contribution >= 4 is 40.0 Å². The summed E-state index contributed by atoms with van der Waals surface area (Å²) in [4.78, 5) is 19.8. The van der Waals surface area contributed by atoms with Crippen molar-refractivity contribution in [2.24, 2.45) is 0 Å². The number of carbonyl (C=O) groups is 1. The fourth-order valence-electron chi connectivity index (χ4n) is 4.33. The minimum absolute atomic E-state index is 0.132. The van der Waals surface area contributed by atoms with Crippen LogP contribution in [0.2, 0.25) is 0 Å². The molecule has 0 atom stereocenters. The van der Waals surface area contributed by atoms with Crippen LogP contribution in [0.5, 0.6) is 11.5 Å². The van der Waals surface area contributed by atoms with Gasteiger partial charge in [0.2, 0.25) is 5.91 Å². The third-order valence-electron chi connectivity index (χ3n) is 6.05. The Balaban J connectivity index is 1.48. The number of aromatic nitrogens is 2. The molecule has 2 aromatic carbocycles. The van der Waals surface area contributed by atoms with Crippen LogP contribution in [0, 0.1) is 22.7 Å². The molecule has 4 aromatic rings. The second kappa shape index (κ2) is 10.2. The molecule has 9 heteroatoms. The summed E-state index contributed by atoms with van der Waals surface area (Å²) in [5.74, 6) is 1.25. The average molecular weight is 498 g/mol. The number of hydrogen-bond donors (Lipinski definition) is 0. The monoisotopic (exact) mass is 497 g/mol. The van der Waals surface area contributed by atoms with Crippen molar-refractivity contribution < 1.29 is 14.3 Å². The van der Waals surface area contributed by atoms with Gasteiger partial charge in [0.05, 0.1) is 39.9 Å². The molecule has 0 spiro atoms. The van der Waals surface area contributed by atoms with Crippen LogP contribution in [0.1, 0.15) is 24.5 Å². The van der Waals surface area contributed by atoms with Crippen LogP contribution in [-0.4, -0.2) is 40.8 Å². The third-order valence-corrected chi connectivity index (χ3v) is 7.03. The maximum Gasteiger partial charge on any atom is 0.237 e. The Morgan fingerprint density at radius 2 is 1.94 bits per heavy atom. The number of rotatable bonds is 7. The molecule has 0 saturated heterocycles. The van der Waals surface area contributed by atoms with E-state index in [4.69, 9.17) is 14.5 Å². The molecule has 0 radical (unpaired) electrons. The number of hydrogen-bond acceptors (Lipinski definition) is 7. The quantitative estimate of drug-likeness (QED) is 0.340. The van der Waals surface area contributed by atoms with Crippen LogP contribution < -0.4 is 14.4 Å². The van der Waals surface area contributed by atoms with E-state index in [0.717, 1.165) is 21.6 Å². The van der Waals surface area contributed by atoms with Crippen molar-refractivity contribution in [1.29, 1.82) is 10.5 Å². The van der Waals surface area contributed by atoms with E-state index >= 15 is 0 Å². The van der Waals surface area contributed by atoms with Crippen molar-refractivity contribution in [3.05, 3.63) is 59.7 Å². The number of para-hydroxylation sites is 2. The maximum atomic E-state index is 13.5. The van der Waals surface area contributed by atoms with Gasteiger partial charge in [-0.3, -0.25) is 9.20 Å². The van der Waals surface area contributed by atoms with Crippen molar-refractivity contribution in [3.8, 4) is 23.6 Å². The molecule has 0 bridgehead atoms.